The number of benzene rings is 1. The summed E-state index contributed by atoms with van der Waals surface area (Å²) in [5.41, 5.74) is 5.79. The molecule has 0 saturated carbocycles. The van der Waals surface area contributed by atoms with Crippen molar-refractivity contribution in [1.82, 2.24) is 10.9 Å². The standard InChI is InChI=1S/C19H24N2O4S/c1-5-6-9-25-16-8-7-14(11-17(16)24-4)18(22)20-21-19(23)15-10-12(2)26-13(15)3/h7-8,10-11H,5-6,9H2,1-4H3,(H,20,22)(H,21,23). The van der Waals surface area contributed by atoms with Crippen LogP contribution in [0.3, 0.4) is 0 Å². The molecule has 6 nitrogen and oxygen atoms in total. The fourth-order valence-corrected chi connectivity index (χ4v) is 3.29. The van der Waals surface area contributed by atoms with E-state index in [9.17, 15) is 9.59 Å². The van der Waals surface area contributed by atoms with Gasteiger partial charge in [-0.2, -0.15) is 0 Å². The van der Waals surface area contributed by atoms with Gasteiger partial charge in [-0.1, -0.05) is 13.3 Å². The minimum absolute atomic E-state index is 0.341. The van der Waals surface area contributed by atoms with Crippen molar-refractivity contribution < 1.29 is 19.1 Å². The summed E-state index contributed by atoms with van der Waals surface area (Å²) < 4.78 is 10.9. The Kier molecular flexibility index (Phi) is 7.03. The van der Waals surface area contributed by atoms with Gasteiger partial charge in [-0.3, -0.25) is 20.4 Å². The molecule has 0 spiro atoms. The maximum absolute atomic E-state index is 12.3. The minimum atomic E-state index is -0.429. The zero-order valence-electron chi connectivity index (χ0n) is 15.5. The molecule has 26 heavy (non-hydrogen) atoms. The van der Waals surface area contributed by atoms with Gasteiger partial charge in [-0.25, -0.2) is 0 Å². The topological polar surface area (TPSA) is 76.7 Å². The third-order valence-electron chi connectivity index (χ3n) is 3.76. The number of methoxy groups -OCH3 is 1. The molecule has 2 N–H and O–H groups in total. The van der Waals surface area contributed by atoms with Crippen LogP contribution in [-0.4, -0.2) is 25.5 Å². The maximum atomic E-state index is 12.3. The first-order chi connectivity index (χ1) is 12.5. The largest absolute Gasteiger partial charge is 0.493 e. The monoisotopic (exact) mass is 376 g/mol. The number of ether oxygens (including phenoxy) is 2. The summed E-state index contributed by atoms with van der Waals surface area (Å²) in [7, 11) is 1.52. The highest BCUT2D eigenvalue weighted by atomic mass is 32.1. The maximum Gasteiger partial charge on any atom is 0.270 e. The van der Waals surface area contributed by atoms with Gasteiger partial charge in [0.15, 0.2) is 11.5 Å². The molecule has 0 radical (unpaired) electrons. The molecule has 1 heterocycles. The highest BCUT2D eigenvalue weighted by Gasteiger charge is 2.15. The SMILES string of the molecule is CCCCOc1ccc(C(=O)NNC(=O)c2cc(C)sc2C)cc1OC. The van der Waals surface area contributed by atoms with E-state index in [1.54, 1.807) is 24.3 Å². The van der Waals surface area contributed by atoms with Crippen LogP contribution in [-0.2, 0) is 0 Å². The van der Waals surface area contributed by atoms with Crippen molar-refractivity contribution in [1.29, 1.82) is 0 Å². The molecule has 7 heteroatoms. The van der Waals surface area contributed by atoms with E-state index in [0.717, 1.165) is 22.6 Å². The molecule has 0 saturated heterocycles. The number of amides is 2. The Balaban J connectivity index is 2.00. The summed E-state index contributed by atoms with van der Waals surface area (Å²) in [6.45, 7) is 6.48. The Morgan fingerprint density at radius 1 is 1.08 bits per heavy atom. The summed E-state index contributed by atoms with van der Waals surface area (Å²) in [5.74, 6) is 0.295. The number of hydrogen-bond acceptors (Lipinski definition) is 5. The summed E-state index contributed by atoms with van der Waals surface area (Å²) >= 11 is 1.54. The van der Waals surface area contributed by atoms with E-state index >= 15 is 0 Å². The number of hydrogen-bond donors (Lipinski definition) is 2. The first-order valence-corrected chi connectivity index (χ1v) is 9.26. The molecular formula is C19H24N2O4S. The van der Waals surface area contributed by atoms with Crippen molar-refractivity contribution in [3.63, 3.8) is 0 Å². The molecular weight excluding hydrogens is 352 g/mol. The molecule has 0 aliphatic heterocycles. The molecule has 0 aliphatic carbocycles. The molecule has 0 unspecified atom stereocenters. The first kappa shape index (κ1) is 19.8. The zero-order valence-corrected chi connectivity index (χ0v) is 16.3. The van der Waals surface area contributed by atoms with E-state index in [1.807, 2.05) is 13.8 Å². The van der Waals surface area contributed by atoms with E-state index < -0.39 is 5.91 Å². The number of carbonyl (C=O) groups excluding carboxylic acids is 2. The summed E-state index contributed by atoms with van der Waals surface area (Å²) in [4.78, 5) is 26.4. The van der Waals surface area contributed by atoms with E-state index in [2.05, 4.69) is 17.8 Å². The fourth-order valence-electron chi connectivity index (χ4n) is 2.36. The Morgan fingerprint density at radius 2 is 1.81 bits per heavy atom. The van der Waals surface area contributed by atoms with Gasteiger partial charge in [-0.15, -0.1) is 11.3 Å². The average Bonchev–Trinajstić information content (AvgIpc) is 2.98. The van der Waals surface area contributed by atoms with Gasteiger partial charge < -0.3 is 9.47 Å². The minimum Gasteiger partial charge on any atom is -0.493 e. The van der Waals surface area contributed by atoms with E-state index in [1.165, 1.54) is 18.4 Å². The fraction of sp³-hybridized carbons (Fsp3) is 0.368. The average molecular weight is 376 g/mol. The lowest BCUT2D eigenvalue weighted by molar-refractivity contribution is 0.0846. The van der Waals surface area contributed by atoms with Gasteiger partial charge in [0.2, 0.25) is 0 Å². The van der Waals surface area contributed by atoms with Crippen LogP contribution in [0.5, 0.6) is 11.5 Å². The number of hydrazine groups is 1. The highest BCUT2D eigenvalue weighted by molar-refractivity contribution is 7.12. The van der Waals surface area contributed by atoms with Gasteiger partial charge in [0.1, 0.15) is 0 Å². The normalized spacial score (nSPS) is 10.3. The van der Waals surface area contributed by atoms with Gasteiger partial charge in [0.25, 0.3) is 11.8 Å². The molecule has 1 aromatic carbocycles. The van der Waals surface area contributed by atoms with Crippen LogP contribution in [0.4, 0.5) is 0 Å². The number of nitrogens with one attached hydrogen (secondary N) is 2. The molecule has 0 bridgehead atoms. The Hall–Kier alpha value is -2.54. The molecule has 0 atom stereocenters. The van der Waals surface area contributed by atoms with Crippen molar-refractivity contribution in [2.75, 3.05) is 13.7 Å². The second-order valence-electron chi connectivity index (χ2n) is 5.80. The lowest BCUT2D eigenvalue weighted by Crippen LogP contribution is -2.41. The van der Waals surface area contributed by atoms with Crippen LogP contribution in [0.2, 0.25) is 0 Å². The summed E-state index contributed by atoms with van der Waals surface area (Å²) in [6.07, 6.45) is 1.98. The molecule has 140 valence electrons. The molecule has 2 amide bonds. The highest BCUT2D eigenvalue weighted by Crippen LogP contribution is 2.28. The second-order valence-corrected chi connectivity index (χ2v) is 7.26. The molecule has 0 fully saturated rings. The summed E-state index contributed by atoms with van der Waals surface area (Å²) in [5, 5.41) is 0. The van der Waals surface area contributed by atoms with E-state index in [4.69, 9.17) is 9.47 Å². The number of carbonyl (C=O) groups is 2. The predicted octanol–water partition coefficient (Wildman–Crippen LogP) is 3.63. The van der Waals surface area contributed by atoms with Crippen molar-refractivity contribution >= 4 is 23.2 Å². The second kappa shape index (κ2) is 9.24. The lowest BCUT2D eigenvalue weighted by atomic mass is 10.2. The van der Waals surface area contributed by atoms with Crippen LogP contribution in [0, 0.1) is 13.8 Å². The van der Waals surface area contributed by atoms with Crippen LogP contribution >= 0.6 is 11.3 Å². The Morgan fingerprint density at radius 3 is 2.42 bits per heavy atom. The van der Waals surface area contributed by atoms with Gasteiger partial charge >= 0.3 is 0 Å². The predicted molar refractivity (Wildman–Crippen MR) is 102 cm³/mol. The quantitative estimate of drug-likeness (QED) is 0.571. The van der Waals surface area contributed by atoms with Crippen molar-refractivity contribution in [3.8, 4) is 11.5 Å². The number of unbranched alkanes of at least 4 members (excludes halogenated alkanes) is 1. The molecule has 1 aromatic heterocycles. The van der Waals surface area contributed by atoms with Gasteiger partial charge in [-0.05, 0) is 44.5 Å². The first-order valence-electron chi connectivity index (χ1n) is 8.44. The Labute approximate surface area is 157 Å². The van der Waals surface area contributed by atoms with Crippen molar-refractivity contribution in [3.05, 3.63) is 45.1 Å². The Bertz CT molecular complexity index is 786. The van der Waals surface area contributed by atoms with Gasteiger partial charge in [0, 0.05) is 15.3 Å². The smallest absolute Gasteiger partial charge is 0.270 e. The lowest BCUT2D eigenvalue weighted by Gasteiger charge is -2.12. The molecule has 2 aromatic rings. The van der Waals surface area contributed by atoms with E-state index in [-0.39, 0.29) is 5.91 Å². The molecule has 0 aliphatic rings. The summed E-state index contributed by atoms with van der Waals surface area (Å²) in [6, 6.07) is 6.71. The van der Waals surface area contributed by atoms with E-state index in [0.29, 0.717) is 29.2 Å². The van der Waals surface area contributed by atoms with Crippen LogP contribution in [0.25, 0.3) is 0 Å². The van der Waals surface area contributed by atoms with Crippen LogP contribution in [0.1, 0.15) is 50.2 Å². The third kappa shape index (κ3) is 4.98. The third-order valence-corrected chi connectivity index (χ3v) is 4.72. The van der Waals surface area contributed by atoms with Crippen LogP contribution < -0.4 is 20.3 Å². The van der Waals surface area contributed by atoms with Crippen molar-refractivity contribution in [2.24, 2.45) is 0 Å². The number of thiophene rings is 1. The molecule has 2 rings (SSSR count). The van der Waals surface area contributed by atoms with Gasteiger partial charge in [0.05, 0.1) is 19.3 Å². The number of aryl methyl sites for hydroxylation is 2. The number of rotatable bonds is 7. The zero-order chi connectivity index (χ0) is 19.1. The van der Waals surface area contributed by atoms with Crippen LogP contribution in [0.15, 0.2) is 24.3 Å². The van der Waals surface area contributed by atoms with Crippen molar-refractivity contribution in [2.45, 2.75) is 33.6 Å².